The van der Waals surface area contributed by atoms with E-state index < -0.39 is 0 Å². The molecule has 0 saturated heterocycles. The summed E-state index contributed by atoms with van der Waals surface area (Å²) in [5.74, 6) is 1.24. The van der Waals surface area contributed by atoms with Gasteiger partial charge in [0.05, 0.1) is 0 Å². The van der Waals surface area contributed by atoms with Gasteiger partial charge in [0.2, 0.25) is 0 Å². The number of fused-ring (bicyclic) bond motifs is 1. The molecule has 0 bridgehead atoms. The van der Waals surface area contributed by atoms with E-state index >= 15 is 0 Å². The third kappa shape index (κ3) is 4.39. The number of hydrogen-bond donors (Lipinski definition) is 3. The topological polar surface area (TPSA) is 96.8 Å². The molecular formula is C24H19N7O. The molecule has 3 aromatic carbocycles. The molecule has 5 rings (SSSR count). The van der Waals surface area contributed by atoms with Crippen LogP contribution in [0.4, 0.5) is 27.7 Å². The molecule has 8 heteroatoms. The molecule has 8 nitrogen and oxygen atoms in total. The molecule has 5 aromatic rings. The number of carbonyl (C=O) groups excluding carboxylic acids is 1. The Morgan fingerprint density at radius 1 is 0.719 bits per heavy atom. The van der Waals surface area contributed by atoms with E-state index in [1.165, 1.54) is 0 Å². The molecule has 156 valence electrons. The maximum atomic E-state index is 12.4. The van der Waals surface area contributed by atoms with Crippen LogP contribution in [0.2, 0.25) is 0 Å². The lowest BCUT2D eigenvalue weighted by Gasteiger charge is -2.10. The lowest BCUT2D eigenvalue weighted by molar-refractivity contribution is 0.262. The summed E-state index contributed by atoms with van der Waals surface area (Å²) in [6, 6.07) is 26.3. The summed E-state index contributed by atoms with van der Waals surface area (Å²) in [5, 5.41) is 23.5. The first-order chi connectivity index (χ1) is 15.7. The molecule has 32 heavy (non-hydrogen) atoms. The summed E-state index contributed by atoms with van der Waals surface area (Å²) >= 11 is 0. The number of rotatable bonds is 5. The van der Waals surface area contributed by atoms with E-state index in [0.717, 1.165) is 22.1 Å². The first kappa shape index (κ1) is 19.3. The standard InChI is InChI=1S/C24H19N7O/c32-24(28-21-7-6-17-4-1-2-5-18(17)16-21)27-20-10-8-19(9-11-20)26-22-12-13-23(30-29-22)31-15-3-14-25-31/h1-16H,(H,26,29)(H2,27,28,32). The minimum Gasteiger partial charge on any atom is -0.339 e. The molecule has 0 fully saturated rings. The van der Waals surface area contributed by atoms with Crippen LogP contribution in [-0.4, -0.2) is 26.0 Å². The van der Waals surface area contributed by atoms with Crippen molar-refractivity contribution in [1.29, 1.82) is 0 Å². The number of nitrogens with zero attached hydrogens (tertiary/aromatic N) is 4. The van der Waals surface area contributed by atoms with Crippen LogP contribution in [0.15, 0.2) is 97.3 Å². The largest absolute Gasteiger partial charge is 0.339 e. The minimum absolute atomic E-state index is 0.305. The van der Waals surface area contributed by atoms with Crippen LogP contribution in [0.1, 0.15) is 0 Å². The normalized spacial score (nSPS) is 10.6. The zero-order valence-electron chi connectivity index (χ0n) is 16.9. The Balaban J connectivity index is 1.19. The number of amides is 2. The van der Waals surface area contributed by atoms with Gasteiger partial charge in [-0.2, -0.15) is 5.10 Å². The molecule has 0 unspecified atom stereocenters. The average Bonchev–Trinajstić information content (AvgIpc) is 3.36. The monoisotopic (exact) mass is 421 g/mol. The van der Waals surface area contributed by atoms with Crippen molar-refractivity contribution in [2.45, 2.75) is 0 Å². The molecule has 2 heterocycles. The van der Waals surface area contributed by atoms with Crippen molar-refractivity contribution in [2.24, 2.45) is 0 Å². The predicted molar refractivity (Wildman–Crippen MR) is 125 cm³/mol. The van der Waals surface area contributed by atoms with Gasteiger partial charge in [-0.15, -0.1) is 10.2 Å². The lowest BCUT2D eigenvalue weighted by Crippen LogP contribution is -2.19. The molecule has 0 aliphatic rings. The van der Waals surface area contributed by atoms with Crippen LogP contribution in [-0.2, 0) is 0 Å². The Hall–Kier alpha value is -4.72. The van der Waals surface area contributed by atoms with Crippen molar-refractivity contribution in [1.82, 2.24) is 20.0 Å². The smallest absolute Gasteiger partial charge is 0.323 e. The van der Waals surface area contributed by atoms with Gasteiger partial charge in [0.1, 0.15) is 0 Å². The minimum atomic E-state index is -0.305. The third-order valence-electron chi connectivity index (χ3n) is 4.81. The van der Waals surface area contributed by atoms with Crippen molar-refractivity contribution in [3.63, 3.8) is 0 Å². The van der Waals surface area contributed by atoms with Gasteiger partial charge in [-0.1, -0.05) is 30.3 Å². The van der Waals surface area contributed by atoms with E-state index in [0.29, 0.717) is 17.3 Å². The highest BCUT2D eigenvalue weighted by Gasteiger charge is 2.05. The number of urea groups is 1. The predicted octanol–water partition coefficient (Wildman–Crippen LogP) is 5.20. The molecule has 0 aliphatic heterocycles. The zero-order valence-corrected chi connectivity index (χ0v) is 16.9. The highest BCUT2D eigenvalue weighted by Crippen LogP contribution is 2.20. The summed E-state index contributed by atoms with van der Waals surface area (Å²) < 4.78 is 1.64. The van der Waals surface area contributed by atoms with E-state index in [1.54, 1.807) is 17.1 Å². The third-order valence-corrected chi connectivity index (χ3v) is 4.81. The van der Waals surface area contributed by atoms with Crippen molar-refractivity contribution < 1.29 is 4.79 Å². The number of carbonyl (C=O) groups is 1. The first-order valence-corrected chi connectivity index (χ1v) is 10.0. The second-order valence-electron chi connectivity index (χ2n) is 7.07. The highest BCUT2D eigenvalue weighted by atomic mass is 16.2. The van der Waals surface area contributed by atoms with Crippen LogP contribution >= 0.6 is 0 Å². The zero-order chi connectivity index (χ0) is 21.8. The maximum Gasteiger partial charge on any atom is 0.323 e. The Morgan fingerprint density at radius 3 is 2.22 bits per heavy atom. The van der Waals surface area contributed by atoms with Crippen LogP contribution in [0.3, 0.4) is 0 Å². The van der Waals surface area contributed by atoms with Gasteiger partial charge in [-0.05, 0) is 65.4 Å². The number of benzene rings is 3. The van der Waals surface area contributed by atoms with Crippen LogP contribution in [0, 0.1) is 0 Å². The molecule has 0 aliphatic carbocycles. The van der Waals surface area contributed by atoms with Crippen molar-refractivity contribution in [3.05, 3.63) is 97.3 Å². The molecular weight excluding hydrogens is 402 g/mol. The fourth-order valence-electron chi connectivity index (χ4n) is 3.26. The van der Waals surface area contributed by atoms with Gasteiger partial charge in [0.15, 0.2) is 11.6 Å². The summed E-state index contributed by atoms with van der Waals surface area (Å²) in [7, 11) is 0. The van der Waals surface area contributed by atoms with E-state index in [9.17, 15) is 4.79 Å². The number of nitrogens with one attached hydrogen (secondary N) is 3. The van der Waals surface area contributed by atoms with Gasteiger partial charge in [-0.3, -0.25) is 0 Å². The first-order valence-electron chi connectivity index (χ1n) is 10.0. The van der Waals surface area contributed by atoms with Crippen LogP contribution in [0.25, 0.3) is 16.6 Å². The van der Waals surface area contributed by atoms with E-state index in [-0.39, 0.29) is 6.03 Å². The summed E-state index contributed by atoms with van der Waals surface area (Å²) in [6.45, 7) is 0. The Morgan fingerprint density at radius 2 is 1.47 bits per heavy atom. The molecule has 0 spiro atoms. The van der Waals surface area contributed by atoms with Gasteiger partial charge in [-0.25, -0.2) is 9.48 Å². The summed E-state index contributed by atoms with van der Waals surface area (Å²) in [5.41, 5.74) is 2.23. The highest BCUT2D eigenvalue weighted by molar-refractivity contribution is 6.01. The fraction of sp³-hybridized carbons (Fsp3) is 0. The lowest BCUT2D eigenvalue weighted by atomic mass is 10.1. The van der Waals surface area contributed by atoms with E-state index in [1.807, 2.05) is 84.9 Å². The van der Waals surface area contributed by atoms with E-state index in [2.05, 4.69) is 31.2 Å². The maximum absolute atomic E-state index is 12.4. The second-order valence-corrected chi connectivity index (χ2v) is 7.07. The SMILES string of the molecule is O=C(Nc1ccc(Nc2ccc(-n3cccn3)nn2)cc1)Nc1ccc2ccccc2c1. The fourth-order valence-corrected chi connectivity index (χ4v) is 3.26. The summed E-state index contributed by atoms with van der Waals surface area (Å²) in [6.07, 6.45) is 3.49. The molecule has 2 aromatic heterocycles. The Labute approximate surface area is 183 Å². The number of anilines is 4. The van der Waals surface area contributed by atoms with Crippen molar-refractivity contribution >= 4 is 39.7 Å². The van der Waals surface area contributed by atoms with Crippen LogP contribution < -0.4 is 16.0 Å². The van der Waals surface area contributed by atoms with Crippen molar-refractivity contribution in [3.8, 4) is 5.82 Å². The second kappa shape index (κ2) is 8.57. The number of aromatic nitrogens is 4. The molecule has 0 atom stereocenters. The van der Waals surface area contributed by atoms with Gasteiger partial charge < -0.3 is 16.0 Å². The quantitative estimate of drug-likeness (QED) is 0.362. The summed E-state index contributed by atoms with van der Waals surface area (Å²) in [4.78, 5) is 12.4. The van der Waals surface area contributed by atoms with Gasteiger partial charge in [0, 0.05) is 29.5 Å². The molecule has 2 amide bonds. The number of hydrogen-bond acceptors (Lipinski definition) is 5. The van der Waals surface area contributed by atoms with Gasteiger partial charge >= 0.3 is 6.03 Å². The average molecular weight is 421 g/mol. The molecule has 0 saturated carbocycles. The van der Waals surface area contributed by atoms with Crippen LogP contribution in [0.5, 0.6) is 0 Å². The Kier molecular flexibility index (Phi) is 5.15. The molecule has 0 radical (unpaired) electrons. The Bertz CT molecular complexity index is 1350. The van der Waals surface area contributed by atoms with E-state index in [4.69, 9.17) is 0 Å². The van der Waals surface area contributed by atoms with Gasteiger partial charge in [0.25, 0.3) is 0 Å². The molecule has 3 N–H and O–H groups in total. The van der Waals surface area contributed by atoms with Crippen molar-refractivity contribution in [2.75, 3.05) is 16.0 Å².